The van der Waals surface area contributed by atoms with Crippen LogP contribution in [0.5, 0.6) is 0 Å². The van der Waals surface area contributed by atoms with Crippen LogP contribution in [0.1, 0.15) is 15.9 Å². The quantitative estimate of drug-likeness (QED) is 0.804. The number of furan rings is 1. The van der Waals surface area contributed by atoms with Crippen molar-refractivity contribution in [2.45, 2.75) is 0 Å². The Morgan fingerprint density at radius 1 is 1.08 bits per heavy atom. The molecule has 0 N–H and O–H groups in total. The van der Waals surface area contributed by atoms with E-state index in [4.69, 9.17) is 16.0 Å². The number of nitrogens with zero attached hydrogens (tertiary/aromatic N) is 2. The van der Waals surface area contributed by atoms with E-state index in [1.54, 1.807) is 40.2 Å². The van der Waals surface area contributed by atoms with Gasteiger partial charge in [0.05, 0.1) is 11.8 Å². The highest BCUT2D eigenvalue weighted by Gasteiger charge is 2.24. The van der Waals surface area contributed by atoms with Crippen molar-refractivity contribution in [3.63, 3.8) is 0 Å². The van der Waals surface area contributed by atoms with Gasteiger partial charge in [-0.1, -0.05) is 23.7 Å². The molecule has 6 heteroatoms. The van der Waals surface area contributed by atoms with Gasteiger partial charge in [0, 0.05) is 37.3 Å². The lowest BCUT2D eigenvalue weighted by Crippen LogP contribution is -2.50. The van der Waals surface area contributed by atoms with Crippen LogP contribution in [0.15, 0.2) is 53.4 Å². The minimum Gasteiger partial charge on any atom is -0.472 e. The normalized spacial score (nSPS) is 15.0. The summed E-state index contributed by atoms with van der Waals surface area (Å²) in [5.41, 5.74) is 1.42. The maximum atomic E-state index is 12.2. The van der Waals surface area contributed by atoms with E-state index < -0.39 is 0 Å². The first-order chi connectivity index (χ1) is 11.6. The number of hydrogen-bond acceptors (Lipinski definition) is 3. The van der Waals surface area contributed by atoms with E-state index in [0.717, 1.165) is 5.56 Å². The van der Waals surface area contributed by atoms with Crippen LogP contribution in [-0.2, 0) is 4.79 Å². The summed E-state index contributed by atoms with van der Waals surface area (Å²) in [6.45, 7) is 2.06. The maximum Gasteiger partial charge on any atom is 0.257 e. The minimum atomic E-state index is -0.0645. The molecule has 2 aromatic rings. The Labute approximate surface area is 145 Å². The third-order valence-corrected chi connectivity index (χ3v) is 4.15. The molecule has 3 rings (SSSR count). The van der Waals surface area contributed by atoms with Crippen molar-refractivity contribution in [3.8, 4) is 0 Å². The van der Waals surface area contributed by atoms with Crippen LogP contribution in [0, 0.1) is 0 Å². The molecule has 0 spiro atoms. The van der Waals surface area contributed by atoms with E-state index in [2.05, 4.69) is 0 Å². The van der Waals surface area contributed by atoms with Gasteiger partial charge in [-0.15, -0.1) is 0 Å². The van der Waals surface area contributed by atoms with Crippen LogP contribution in [0.4, 0.5) is 0 Å². The van der Waals surface area contributed by atoms with Crippen LogP contribution in [-0.4, -0.2) is 47.8 Å². The third-order valence-electron chi connectivity index (χ3n) is 3.91. The van der Waals surface area contributed by atoms with Crippen molar-refractivity contribution in [1.29, 1.82) is 0 Å². The molecule has 1 saturated heterocycles. The zero-order chi connectivity index (χ0) is 16.9. The number of carbonyl (C=O) groups excluding carboxylic acids is 2. The van der Waals surface area contributed by atoms with E-state index >= 15 is 0 Å². The van der Waals surface area contributed by atoms with Crippen LogP contribution in [0.25, 0.3) is 6.08 Å². The smallest absolute Gasteiger partial charge is 0.257 e. The fourth-order valence-electron chi connectivity index (χ4n) is 2.58. The predicted octanol–water partition coefficient (Wildman–Crippen LogP) is 2.93. The highest BCUT2D eigenvalue weighted by molar-refractivity contribution is 6.30. The Kier molecular flexibility index (Phi) is 5.01. The highest BCUT2D eigenvalue weighted by Crippen LogP contribution is 2.13. The topological polar surface area (TPSA) is 53.8 Å². The molecule has 0 aliphatic carbocycles. The number of piperazine rings is 1. The average Bonchev–Trinajstić information content (AvgIpc) is 3.14. The molecular weight excluding hydrogens is 328 g/mol. The van der Waals surface area contributed by atoms with Gasteiger partial charge >= 0.3 is 0 Å². The van der Waals surface area contributed by atoms with Crippen LogP contribution < -0.4 is 0 Å². The number of hydrogen-bond donors (Lipinski definition) is 0. The molecule has 24 heavy (non-hydrogen) atoms. The highest BCUT2D eigenvalue weighted by atomic mass is 35.5. The van der Waals surface area contributed by atoms with Crippen LogP contribution in [0.3, 0.4) is 0 Å². The second kappa shape index (κ2) is 7.36. The first-order valence-electron chi connectivity index (χ1n) is 7.67. The van der Waals surface area contributed by atoms with Crippen molar-refractivity contribution in [2.75, 3.05) is 26.2 Å². The van der Waals surface area contributed by atoms with Crippen LogP contribution in [0.2, 0.25) is 5.02 Å². The number of rotatable bonds is 3. The SMILES string of the molecule is O=C(/C=C/c1cccc(Cl)c1)N1CCN(C(=O)c2ccoc2)CC1. The van der Waals surface area contributed by atoms with Gasteiger partial charge in [0.1, 0.15) is 6.26 Å². The fourth-order valence-corrected chi connectivity index (χ4v) is 2.78. The summed E-state index contributed by atoms with van der Waals surface area (Å²) in [7, 11) is 0. The van der Waals surface area contributed by atoms with E-state index in [0.29, 0.717) is 36.8 Å². The number of amides is 2. The maximum absolute atomic E-state index is 12.2. The zero-order valence-corrected chi connectivity index (χ0v) is 13.8. The second-order valence-corrected chi connectivity index (χ2v) is 5.95. The van der Waals surface area contributed by atoms with Crippen molar-refractivity contribution < 1.29 is 14.0 Å². The molecule has 5 nitrogen and oxygen atoms in total. The van der Waals surface area contributed by atoms with Crippen LogP contribution >= 0.6 is 11.6 Å². The molecule has 1 aliphatic rings. The van der Waals surface area contributed by atoms with E-state index in [-0.39, 0.29) is 11.8 Å². The van der Waals surface area contributed by atoms with Crippen molar-refractivity contribution >= 4 is 29.5 Å². The summed E-state index contributed by atoms with van der Waals surface area (Å²) in [6, 6.07) is 8.96. The summed E-state index contributed by atoms with van der Waals surface area (Å²) in [4.78, 5) is 27.9. The Balaban J connectivity index is 1.54. The standard InChI is InChI=1S/C18H17ClN2O3/c19-16-3-1-2-14(12-16)4-5-17(22)20-7-9-21(10-8-20)18(23)15-6-11-24-13-15/h1-6,11-13H,7-10H2/b5-4+. The summed E-state index contributed by atoms with van der Waals surface area (Å²) in [5, 5.41) is 0.635. The monoisotopic (exact) mass is 344 g/mol. The Morgan fingerprint density at radius 2 is 1.83 bits per heavy atom. The molecule has 2 heterocycles. The fraction of sp³-hybridized carbons (Fsp3) is 0.222. The van der Waals surface area contributed by atoms with E-state index in [9.17, 15) is 9.59 Å². The lowest BCUT2D eigenvalue weighted by molar-refractivity contribution is -0.127. The molecular formula is C18H17ClN2O3. The van der Waals surface area contributed by atoms with Gasteiger partial charge in [0.2, 0.25) is 5.91 Å². The van der Waals surface area contributed by atoms with E-state index in [1.165, 1.54) is 12.5 Å². The zero-order valence-electron chi connectivity index (χ0n) is 13.0. The molecule has 124 valence electrons. The summed E-state index contributed by atoms with van der Waals surface area (Å²) in [6.07, 6.45) is 6.21. The van der Waals surface area contributed by atoms with E-state index in [1.807, 2.05) is 12.1 Å². The van der Waals surface area contributed by atoms with Crippen molar-refractivity contribution in [2.24, 2.45) is 0 Å². The molecule has 0 bridgehead atoms. The number of benzene rings is 1. The van der Waals surface area contributed by atoms with Gasteiger partial charge in [-0.25, -0.2) is 0 Å². The number of carbonyl (C=O) groups is 2. The minimum absolute atomic E-state index is 0.0645. The molecule has 0 saturated carbocycles. The molecule has 1 aliphatic heterocycles. The molecule has 1 aromatic heterocycles. The molecule has 0 unspecified atom stereocenters. The third kappa shape index (κ3) is 3.86. The van der Waals surface area contributed by atoms with Crippen molar-refractivity contribution in [1.82, 2.24) is 9.80 Å². The van der Waals surface area contributed by atoms with Gasteiger partial charge in [-0.3, -0.25) is 9.59 Å². The largest absolute Gasteiger partial charge is 0.472 e. The van der Waals surface area contributed by atoms with Gasteiger partial charge in [-0.05, 0) is 29.8 Å². The average molecular weight is 345 g/mol. The Morgan fingerprint density at radius 3 is 2.50 bits per heavy atom. The second-order valence-electron chi connectivity index (χ2n) is 5.52. The van der Waals surface area contributed by atoms with Gasteiger partial charge in [-0.2, -0.15) is 0 Å². The summed E-state index contributed by atoms with van der Waals surface area (Å²) in [5.74, 6) is -0.129. The molecule has 0 atom stereocenters. The first-order valence-corrected chi connectivity index (χ1v) is 8.05. The summed E-state index contributed by atoms with van der Waals surface area (Å²) >= 11 is 5.92. The Bertz CT molecular complexity index is 747. The van der Waals surface area contributed by atoms with Gasteiger partial charge in [0.25, 0.3) is 5.91 Å². The van der Waals surface area contributed by atoms with Gasteiger partial charge < -0.3 is 14.2 Å². The molecule has 1 aromatic carbocycles. The molecule has 2 amide bonds. The molecule has 1 fully saturated rings. The lowest BCUT2D eigenvalue weighted by Gasteiger charge is -2.34. The lowest BCUT2D eigenvalue weighted by atomic mass is 10.2. The van der Waals surface area contributed by atoms with Crippen molar-refractivity contribution in [3.05, 3.63) is 65.1 Å². The Hall–Kier alpha value is -2.53. The summed E-state index contributed by atoms with van der Waals surface area (Å²) < 4.78 is 4.94. The first kappa shape index (κ1) is 16.3. The molecule has 0 radical (unpaired) electrons. The number of halogens is 1. The predicted molar refractivity (Wildman–Crippen MR) is 91.7 cm³/mol. The van der Waals surface area contributed by atoms with Gasteiger partial charge in [0.15, 0.2) is 0 Å².